The first-order valence-electron chi connectivity index (χ1n) is 6.65. The molecule has 3 heteroatoms. The van der Waals surface area contributed by atoms with Crippen LogP contribution in [0, 0.1) is 5.92 Å². The third-order valence-electron chi connectivity index (χ3n) is 3.81. The molecule has 2 atom stereocenters. The summed E-state index contributed by atoms with van der Waals surface area (Å²) in [7, 11) is 0. The van der Waals surface area contributed by atoms with Crippen LogP contribution in [0.3, 0.4) is 0 Å². The average molecular weight is 252 g/mol. The molecule has 0 saturated heterocycles. The van der Waals surface area contributed by atoms with Crippen LogP contribution < -0.4 is 5.73 Å². The third-order valence-corrected chi connectivity index (χ3v) is 4.81. The molecule has 0 amide bonds. The Morgan fingerprint density at radius 3 is 2.94 bits per heavy atom. The minimum atomic E-state index is 0.539. The van der Waals surface area contributed by atoms with Crippen LogP contribution in [0.25, 0.3) is 0 Å². The first-order chi connectivity index (χ1) is 8.13. The van der Waals surface area contributed by atoms with E-state index in [0.29, 0.717) is 12.1 Å². The summed E-state index contributed by atoms with van der Waals surface area (Å²) in [6.45, 7) is 8.85. The standard InChI is InChI=1S/C14H24N2S/c1-10(2)8-12(9-15)16-6-4-14-13(11(16)3)5-7-17-14/h5,7,10-12H,4,6,8-9,15H2,1-3H3. The van der Waals surface area contributed by atoms with E-state index in [9.17, 15) is 0 Å². The molecule has 0 fully saturated rings. The Labute approximate surface area is 109 Å². The summed E-state index contributed by atoms with van der Waals surface area (Å²) in [5.74, 6) is 0.722. The SMILES string of the molecule is CC(C)CC(CN)N1CCc2sccc2C1C. The predicted octanol–water partition coefficient (Wildman–Crippen LogP) is 3.04. The van der Waals surface area contributed by atoms with Gasteiger partial charge < -0.3 is 5.73 Å². The molecular weight excluding hydrogens is 228 g/mol. The molecule has 2 rings (SSSR count). The van der Waals surface area contributed by atoms with Crippen LogP contribution in [0.1, 0.15) is 43.7 Å². The molecule has 2 N–H and O–H groups in total. The molecule has 2 heterocycles. The van der Waals surface area contributed by atoms with Gasteiger partial charge in [0.05, 0.1) is 0 Å². The molecule has 2 unspecified atom stereocenters. The second-order valence-electron chi connectivity index (χ2n) is 5.48. The van der Waals surface area contributed by atoms with Crippen LogP contribution in [-0.2, 0) is 6.42 Å². The average Bonchev–Trinajstić information content (AvgIpc) is 2.75. The maximum atomic E-state index is 5.97. The first kappa shape index (κ1) is 13.1. The van der Waals surface area contributed by atoms with Crippen LogP contribution in [0.15, 0.2) is 11.4 Å². The van der Waals surface area contributed by atoms with E-state index in [1.165, 1.54) is 24.9 Å². The number of nitrogens with two attached hydrogens (primary N) is 1. The van der Waals surface area contributed by atoms with Gasteiger partial charge in [0.25, 0.3) is 0 Å². The zero-order chi connectivity index (χ0) is 12.4. The lowest BCUT2D eigenvalue weighted by Gasteiger charge is -2.40. The molecule has 0 bridgehead atoms. The van der Waals surface area contributed by atoms with E-state index in [-0.39, 0.29) is 0 Å². The summed E-state index contributed by atoms with van der Waals surface area (Å²) in [4.78, 5) is 4.18. The van der Waals surface area contributed by atoms with Crippen LogP contribution in [0.2, 0.25) is 0 Å². The molecule has 2 nitrogen and oxygen atoms in total. The summed E-state index contributed by atoms with van der Waals surface area (Å²) < 4.78 is 0. The maximum Gasteiger partial charge on any atom is 0.0334 e. The van der Waals surface area contributed by atoms with E-state index in [2.05, 4.69) is 37.1 Å². The molecule has 96 valence electrons. The van der Waals surface area contributed by atoms with Crippen LogP contribution >= 0.6 is 11.3 Å². The van der Waals surface area contributed by atoms with Crippen molar-refractivity contribution in [1.29, 1.82) is 0 Å². The third kappa shape index (κ3) is 2.72. The monoisotopic (exact) mass is 252 g/mol. The minimum Gasteiger partial charge on any atom is -0.329 e. The van der Waals surface area contributed by atoms with Crippen molar-refractivity contribution in [2.24, 2.45) is 11.7 Å². The quantitative estimate of drug-likeness (QED) is 0.892. The Morgan fingerprint density at radius 1 is 1.53 bits per heavy atom. The Morgan fingerprint density at radius 2 is 2.29 bits per heavy atom. The van der Waals surface area contributed by atoms with Gasteiger partial charge in [0.1, 0.15) is 0 Å². The van der Waals surface area contributed by atoms with Crippen LogP contribution in [0.4, 0.5) is 0 Å². The minimum absolute atomic E-state index is 0.539. The highest BCUT2D eigenvalue weighted by Crippen LogP contribution is 2.34. The van der Waals surface area contributed by atoms with Crippen molar-refractivity contribution in [3.05, 3.63) is 21.9 Å². The highest BCUT2D eigenvalue weighted by atomic mass is 32.1. The molecule has 0 radical (unpaired) electrons. The first-order valence-corrected chi connectivity index (χ1v) is 7.53. The van der Waals surface area contributed by atoms with E-state index >= 15 is 0 Å². The van der Waals surface area contributed by atoms with Gasteiger partial charge in [-0.25, -0.2) is 0 Å². The van der Waals surface area contributed by atoms with E-state index in [0.717, 1.165) is 12.5 Å². The molecule has 0 saturated carbocycles. The summed E-state index contributed by atoms with van der Waals surface area (Å²) in [5, 5.41) is 2.23. The second-order valence-corrected chi connectivity index (χ2v) is 6.48. The molecule has 0 spiro atoms. The largest absolute Gasteiger partial charge is 0.329 e. The van der Waals surface area contributed by atoms with Gasteiger partial charge in [-0.05, 0) is 42.7 Å². The molecule has 0 aliphatic carbocycles. The molecule has 1 aliphatic heterocycles. The molecule has 1 aromatic heterocycles. The zero-order valence-corrected chi connectivity index (χ0v) is 12.0. The number of fused-ring (bicyclic) bond motifs is 1. The van der Waals surface area contributed by atoms with Gasteiger partial charge in [0.15, 0.2) is 0 Å². The molecule has 17 heavy (non-hydrogen) atoms. The maximum absolute atomic E-state index is 5.97. The van der Waals surface area contributed by atoms with Crippen molar-refractivity contribution in [2.75, 3.05) is 13.1 Å². The number of thiophene rings is 1. The van der Waals surface area contributed by atoms with Gasteiger partial charge in [0.2, 0.25) is 0 Å². The van der Waals surface area contributed by atoms with Crippen LogP contribution in [-0.4, -0.2) is 24.0 Å². The van der Waals surface area contributed by atoms with Gasteiger partial charge in [-0.1, -0.05) is 13.8 Å². The Kier molecular flexibility index (Phi) is 4.23. The number of hydrogen-bond acceptors (Lipinski definition) is 3. The smallest absolute Gasteiger partial charge is 0.0334 e. The molecule has 1 aromatic rings. The van der Waals surface area contributed by atoms with Crippen molar-refractivity contribution in [3.8, 4) is 0 Å². The molecule has 1 aliphatic rings. The highest BCUT2D eigenvalue weighted by molar-refractivity contribution is 7.10. The van der Waals surface area contributed by atoms with Crippen molar-refractivity contribution in [2.45, 2.75) is 45.7 Å². The van der Waals surface area contributed by atoms with Gasteiger partial charge in [-0.2, -0.15) is 0 Å². The lowest BCUT2D eigenvalue weighted by atomic mass is 9.95. The molecule has 0 aromatic carbocycles. The fourth-order valence-electron chi connectivity index (χ4n) is 2.94. The van der Waals surface area contributed by atoms with E-state index in [1.807, 2.05) is 11.3 Å². The Hall–Kier alpha value is -0.380. The fourth-order valence-corrected chi connectivity index (χ4v) is 3.90. The van der Waals surface area contributed by atoms with E-state index < -0.39 is 0 Å². The Bertz CT molecular complexity index is 359. The fraction of sp³-hybridized carbons (Fsp3) is 0.714. The van der Waals surface area contributed by atoms with Gasteiger partial charge in [0, 0.05) is 30.1 Å². The van der Waals surface area contributed by atoms with Crippen molar-refractivity contribution in [1.82, 2.24) is 4.90 Å². The van der Waals surface area contributed by atoms with Crippen molar-refractivity contribution in [3.63, 3.8) is 0 Å². The lowest BCUT2D eigenvalue weighted by molar-refractivity contribution is 0.122. The van der Waals surface area contributed by atoms with Gasteiger partial charge in [-0.15, -0.1) is 11.3 Å². The van der Waals surface area contributed by atoms with Crippen molar-refractivity contribution >= 4 is 11.3 Å². The summed E-state index contributed by atoms with van der Waals surface area (Å²) in [6, 6.07) is 3.37. The van der Waals surface area contributed by atoms with Crippen molar-refractivity contribution < 1.29 is 0 Å². The Balaban J connectivity index is 2.12. The molecular formula is C14H24N2S. The summed E-state index contributed by atoms with van der Waals surface area (Å²) >= 11 is 1.91. The number of nitrogens with zero attached hydrogens (tertiary/aromatic N) is 1. The van der Waals surface area contributed by atoms with Gasteiger partial charge >= 0.3 is 0 Å². The predicted molar refractivity (Wildman–Crippen MR) is 75.4 cm³/mol. The number of rotatable bonds is 4. The van der Waals surface area contributed by atoms with E-state index in [4.69, 9.17) is 5.73 Å². The highest BCUT2D eigenvalue weighted by Gasteiger charge is 2.29. The zero-order valence-electron chi connectivity index (χ0n) is 11.1. The van der Waals surface area contributed by atoms with E-state index in [1.54, 1.807) is 4.88 Å². The number of hydrogen-bond donors (Lipinski definition) is 1. The van der Waals surface area contributed by atoms with Crippen LogP contribution in [0.5, 0.6) is 0 Å². The second kappa shape index (κ2) is 5.51. The summed E-state index contributed by atoms with van der Waals surface area (Å²) in [5.41, 5.74) is 7.50. The lowest BCUT2D eigenvalue weighted by Crippen LogP contribution is -2.45. The normalized spacial score (nSPS) is 22.8. The van der Waals surface area contributed by atoms with Gasteiger partial charge in [-0.3, -0.25) is 4.90 Å². The summed E-state index contributed by atoms with van der Waals surface area (Å²) in [6.07, 6.45) is 2.41. The topological polar surface area (TPSA) is 29.3 Å².